The van der Waals surface area contributed by atoms with Crippen molar-refractivity contribution in [2.75, 3.05) is 13.7 Å². The van der Waals surface area contributed by atoms with Gasteiger partial charge in [0.05, 0.1) is 6.10 Å². The summed E-state index contributed by atoms with van der Waals surface area (Å²) < 4.78 is 18.5. The van der Waals surface area contributed by atoms with E-state index in [4.69, 9.17) is 4.74 Å². The molecule has 1 N–H and O–H groups in total. The molecule has 110 valence electrons. The van der Waals surface area contributed by atoms with Gasteiger partial charge in [0.15, 0.2) is 0 Å². The zero-order valence-corrected chi connectivity index (χ0v) is 12.4. The molecule has 0 spiro atoms. The lowest BCUT2D eigenvalue weighted by atomic mass is 10.1. The highest BCUT2D eigenvalue weighted by Crippen LogP contribution is 2.16. The first-order chi connectivity index (χ1) is 10.2. The van der Waals surface area contributed by atoms with Crippen LogP contribution >= 0.6 is 11.3 Å². The van der Waals surface area contributed by atoms with E-state index in [0.717, 1.165) is 4.88 Å². The second kappa shape index (κ2) is 7.71. The predicted octanol–water partition coefficient (Wildman–Crippen LogP) is 3.40. The van der Waals surface area contributed by atoms with Crippen LogP contribution in [0.1, 0.15) is 16.5 Å². The van der Waals surface area contributed by atoms with E-state index in [1.807, 2.05) is 17.5 Å². The molecule has 0 aliphatic carbocycles. The van der Waals surface area contributed by atoms with Gasteiger partial charge < -0.3 is 10.1 Å². The van der Waals surface area contributed by atoms with Gasteiger partial charge in [-0.15, -0.1) is 11.3 Å². The average Bonchev–Trinajstić information content (AvgIpc) is 2.99. The lowest BCUT2D eigenvalue weighted by Gasteiger charge is -2.16. The van der Waals surface area contributed by atoms with Gasteiger partial charge >= 0.3 is 0 Å². The number of thiophene rings is 1. The maximum absolute atomic E-state index is 13.2. The monoisotopic (exact) mass is 305 g/mol. The number of methoxy groups -OCH3 is 1. The van der Waals surface area contributed by atoms with Crippen LogP contribution in [0.2, 0.25) is 0 Å². The summed E-state index contributed by atoms with van der Waals surface area (Å²) in [5.41, 5.74) is 0.694. The van der Waals surface area contributed by atoms with Gasteiger partial charge in [0.1, 0.15) is 5.82 Å². The fourth-order valence-electron chi connectivity index (χ4n) is 1.84. The predicted molar refractivity (Wildman–Crippen MR) is 82.5 cm³/mol. The van der Waals surface area contributed by atoms with Crippen molar-refractivity contribution >= 4 is 23.3 Å². The molecule has 1 amide bonds. The summed E-state index contributed by atoms with van der Waals surface area (Å²) in [6.07, 6.45) is 2.86. The molecular weight excluding hydrogens is 289 g/mol. The maximum Gasteiger partial charge on any atom is 0.244 e. The molecule has 0 aliphatic rings. The Balaban J connectivity index is 1.89. The second-order valence-electron chi connectivity index (χ2n) is 4.37. The van der Waals surface area contributed by atoms with Gasteiger partial charge in [-0.2, -0.15) is 0 Å². The molecule has 3 nitrogen and oxygen atoms in total. The van der Waals surface area contributed by atoms with Crippen molar-refractivity contribution in [3.63, 3.8) is 0 Å². The van der Waals surface area contributed by atoms with E-state index in [9.17, 15) is 9.18 Å². The molecule has 0 bridgehead atoms. The first kappa shape index (κ1) is 15.4. The third kappa shape index (κ3) is 4.81. The molecule has 2 rings (SSSR count). The number of carbonyl (C=O) groups is 1. The Hall–Kier alpha value is -1.98. The zero-order chi connectivity index (χ0) is 15.1. The van der Waals surface area contributed by atoms with Gasteiger partial charge in [0, 0.05) is 24.6 Å². The zero-order valence-electron chi connectivity index (χ0n) is 11.6. The Bertz CT molecular complexity index is 610. The molecular formula is C16H16FNO2S. The van der Waals surface area contributed by atoms with Crippen LogP contribution in [0.5, 0.6) is 0 Å². The molecule has 1 atom stereocenters. The molecule has 0 saturated heterocycles. The SMILES string of the molecule is COC(CNC(=O)C=Cc1cccs1)c1cccc(F)c1. The number of halogens is 1. The van der Waals surface area contributed by atoms with Crippen LogP contribution in [0.4, 0.5) is 4.39 Å². The molecule has 0 saturated carbocycles. The van der Waals surface area contributed by atoms with E-state index in [1.54, 1.807) is 29.5 Å². The number of hydrogen-bond donors (Lipinski definition) is 1. The lowest BCUT2D eigenvalue weighted by Crippen LogP contribution is -2.27. The number of rotatable bonds is 6. The number of ether oxygens (including phenoxy) is 1. The Labute approximate surface area is 127 Å². The fraction of sp³-hybridized carbons (Fsp3) is 0.188. The van der Waals surface area contributed by atoms with Crippen LogP contribution in [0, 0.1) is 5.82 Å². The quantitative estimate of drug-likeness (QED) is 0.831. The van der Waals surface area contributed by atoms with Crippen molar-refractivity contribution in [2.45, 2.75) is 6.10 Å². The normalized spacial score (nSPS) is 12.5. The number of nitrogens with one attached hydrogen (secondary N) is 1. The van der Waals surface area contributed by atoms with Gasteiger partial charge in [0.25, 0.3) is 0 Å². The Morgan fingerprint density at radius 1 is 1.43 bits per heavy atom. The fourth-order valence-corrected chi connectivity index (χ4v) is 2.46. The minimum Gasteiger partial charge on any atom is -0.375 e. The first-order valence-electron chi connectivity index (χ1n) is 6.46. The summed E-state index contributed by atoms with van der Waals surface area (Å²) >= 11 is 1.56. The summed E-state index contributed by atoms with van der Waals surface area (Å²) in [6, 6.07) is 10.0. The molecule has 21 heavy (non-hydrogen) atoms. The van der Waals surface area contributed by atoms with E-state index in [0.29, 0.717) is 5.56 Å². The average molecular weight is 305 g/mol. The van der Waals surface area contributed by atoms with Gasteiger partial charge in [-0.25, -0.2) is 4.39 Å². The van der Waals surface area contributed by atoms with Crippen molar-refractivity contribution in [3.8, 4) is 0 Å². The molecule has 0 aliphatic heterocycles. The lowest BCUT2D eigenvalue weighted by molar-refractivity contribution is -0.117. The van der Waals surface area contributed by atoms with Gasteiger partial charge in [-0.3, -0.25) is 4.79 Å². The van der Waals surface area contributed by atoms with Crippen molar-refractivity contribution in [3.05, 3.63) is 64.1 Å². The third-order valence-corrected chi connectivity index (χ3v) is 3.75. The van der Waals surface area contributed by atoms with E-state index in [1.165, 1.54) is 25.3 Å². The summed E-state index contributed by atoms with van der Waals surface area (Å²) in [7, 11) is 1.53. The summed E-state index contributed by atoms with van der Waals surface area (Å²) in [4.78, 5) is 12.7. The summed E-state index contributed by atoms with van der Waals surface area (Å²) in [5.74, 6) is -0.527. The molecule has 2 aromatic rings. The Morgan fingerprint density at radius 2 is 2.29 bits per heavy atom. The Morgan fingerprint density at radius 3 is 2.95 bits per heavy atom. The number of carbonyl (C=O) groups excluding carboxylic acids is 1. The molecule has 1 aromatic carbocycles. The topological polar surface area (TPSA) is 38.3 Å². The highest BCUT2D eigenvalue weighted by Gasteiger charge is 2.11. The van der Waals surface area contributed by atoms with Crippen LogP contribution in [0.15, 0.2) is 47.9 Å². The van der Waals surface area contributed by atoms with E-state index < -0.39 is 0 Å². The van der Waals surface area contributed by atoms with Crippen LogP contribution in [0.25, 0.3) is 6.08 Å². The van der Waals surface area contributed by atoms with Gasteiger partial charge in [-0.1, -0.05) is 18.2 Å². The van der Waals surface area contributed by atoms with Crippen molar-refractivity contribution in [2.24, 2.45) is 0 Å². The standard InChI is InChI=1S/C16H16FNO2S/c1-20-15(12-4-2-5-13(17)10-12)11-18-16(19)8-7-14-6-3-9-21-14/h2-10,15H,11H2,1H3,(H,18,19). The number of hydrogen-bond acceptors (Lipinski definition) is 3. The molecule has 1 aromatic heterocycles. The van der Waals surface area contributed by atoms with Gasteiger partial charge in [0.2, 0.25) is 5.91 Å². The highest BCUT2D eigenvalue weighted by atomic mass is 32.1. The largest absolute Gasteiger partial charge is 0.375 e. The van der Waals surface area contributed by atoms with Crippen LogP contribution < -0.4 is 5.32 Å². The second-order valence-corrected chi connectivity index (χ2v) is 5.35. The van der Waals surface area contributed by atoms with Crippen molar-refractivity contribution < 1.29 is 13.9 Å². The van der Waals surface area contributed by atoms with E-state index in [2.05, 4.69) is 5.32 Å². The minimum atomic E-state index is -0.375. The van der Waals surface area contributed by atoms with Crippen LogP contribution in [-0.2, 0) is 9.53 Å². The highest BCUT2D eigenvalue weighted by molar-refractivity contribution is 7.10. The van der Waals surface area contributed by atoms with Crippen molar-refractivity contribution in [1.29, 1.82) is 0 Å². The van der Waals surface area contributed by atoms with Crippen LogP contribution in [-0.4, -0.2) is 19.6 Å². The molecule has 5 heteroatoms. The maximum atomic E-state index is 13.2. The summed E-state index contributed by atoms with van der Waals surface area (Å²) in [6.45, 7) is 0.285. The molecule has 1 unspecified atom stereocenters. The molecule has 0 fully saturated rings. The number of amides is 1. The third-order valence-electron chi connectivity index (χ3n) is 2.91. The number of benzene rings is 1. The Kier molecular flexibility index (Phi) is 5.66. The van der Waals surface area contributed by atoms with Crippen LogP contribution in [0.3, 0.4) is 0 Å². The summed E-state index contributed by atoms with van der Waals surface area (Å²) in [5, 5.41) is 4.69. The van der Waals surface area contributed by atoms with E-state index >= 15 is 0 Å². The van der Waals surface area contributed by atoms with E-state index in [-0.39, 0.29) is 24.4 Å². The smallest absolute Gasteiger partial charge is 0.244 e. The van der Waals surface area contributed by atoms with Crippen molar-refractivity contribution in [1.82, 2.24) is 5.32 Å². The first-order valence-corrected chi connectivity index (χ1v) is 7.34. The molecule has 1 heterocycles. The molecule has 0 radical (unpaired) electrons. The minimum absolute atomic E-state index is 0.207. The van der Waals surface area contributed by atoms with Gasteiger partial charge in [-0.05, 0) is 35.2 Å².